The van der Waals surface area contributed by atoms with Crippen molar-refractivity contribution in [2.75, 3.05) is 6.54 Å². The zero-order valence-corrected chi connectivity index (χ0v) is 9.59. The fourth-order valence-corrected chi connectivity index (χ4v) is 1.47. The van der Waals surface area contributed by atoms with E-state index >= 15 is 0 Å². The van der Waals surface area contributed by atoms with Gasteiger partial charge in [-0.1, -0.05) is 0 Å². The Hall–Kier alpha value is -1.69. The van der Waals surface area contributed by atoms with Gasteiger partial charge in [-0.05, 0) is 0 Å². The van der Waals surface area contributed by atoms with Crippen molar-refractivity contribution in [3.05, 3.63) is 30.4 Å². The summed E-state index contributed by atoms with van der Waals surface area (Å²) in [5.74, 6) is 0.875. The highest BCUT2D eigenvalue weighted by Gasteiger charge is 2.00. The smallest absolute Gasteiger partial charge is 0.151 e. The first kappa shape index (κ1) is 10.8. The van der Waals surface area contributed by atoms with Gasteiger partial charge in [-0.25, -0.2) is 9.97 Å². The summed E-state index contributed by atoms with van der Waals surface area (Å²) in [5, 5.41) is 7.55. The third-order valence-corrected chi connectivity index (χ3v) is 2.40. The Kier molecular flexibility index (Phi) is 3.31. The zero-order valence-electron chi connectivity index (χ0n) is 9.59. The standard InChI is InChI=1S/C10H16N6/c1-15-7-12-6-9(15)5-11-4-3-10-13-8-16(2)14-10/h6-8,11H,3-5H2,1-2H3. The number of nitrogens with zero attached hydrogens (tertiary/aromatic N) is 5. The maximum atomic E-state index is 4.21. The van der Waals surface area contributed by atoms with Gasteiger partial charge < -0.3 is 9.88 Å². The molecule has 0 radical (unpaired) electrons. The Morgan fingerprint density at radius 2 is 2.19 bits per heavy atom. The molecule has 2 heterocycles. The van der Waals surface area contributed by atoms with E-state index in [1.807, 2.05) is 24.9 Å². The average molecular weight is 220 g/mol. The van der Waals surface area contributed by atoms with Gasteiger partial charge in [0, 0.05) is 39.8 Å². The Morgan fingerprint density at radius 1 is 1.31 bits per heavy atom. The predicted molar refractivity (Wildman–Crippen MR) is 59.6 cm³/mol. The monoisotopic (exact) mass is 220 g/mol. The van der Waals surface area contributed by atoms with Crippen LogP contribution in [0.3, 0.4) is 0 Å². The summed E-state index contributed by atoms with van der Waals surface area (Å²) in [7, 11) is 3.86. The molecule has 2 aromatic rings. The van der Waals surface area contributed by atoms with Crippen LogP contribution in [0.15, 0.2) is 18.9 Å². The van der Waals surface area contributed by atoms with Crippen LogP contribution in [0.2, 0.25) is 0 Å². The second-order valence-corrected chi connectivity index (χ2v) is 3.76. The lowest BCUT2D eigenvalue weighted by molar-refractivity contribution is 0.637. The molecule has 0 aromatic carbocycles. The van der Waals surface area contributed by atoms with Crippen LogP contribution in [0.25, 0.3) is 0 Å². The molecule has 0 fully saturated rings. The molecule has 0 unspecified atom stereocenters. The minimum Gasteiger partial charge on any atom is -0.337 e. The van der Waals surface area contributed by atoms with E-state index in [9.17, 15) is 0 Å². The fourth-order valence-electron chi connectivity index (χ4n) is 1.47. The molecule has 16 heavy (non-hydrogen) atoms. The predicted octanol–water partition coefficient (Wildman–Crippen LogP) is -0.119. The van der Waals surface area contributed by atoms with Gasteiger partial charge in [0.1, 0.15) is 6.33 Å². The molecule has 0 spiro atoms. The van der Waals surface area contributed by atoms with Crippen molar-refractivity contribution in [2.45, 2.75) is 13.0 Å². The normalized spacial score (nSPS) is 10.9. The van der Waals surface area contributed by atoms with Gasteiger partial charge in [-0.2, -0.15) is 5.10 Å². The van der Waals surface area contributed by atoms with Crippen LogP contribution >= 0.6 is 0 Å². The molecule has 86 valence electrons. The topological polar surface area (TPSA) is 60.6 Å². The van der Waals surface area contributed by atoms with Crippen LogP contribution in [0.5, 0.6) is 0 Å². The van der Waals surface area contributed by atoms with Crippen LogP contribution in [0.4, 0.5) is 0 Å². The van der Waals surface area contributed by atoms with Gasteiger partial charge in [0.25, 0.3) is 0 Å². The maximum absolute atomic E-state index is 4.21. The van der Waals surface area contributed by atoms with Crippen molar-refractivity contribution < 1.29 is 0 Å². The van der Waals surface area contributed by atoms with E-state index in [1.165, 1.54) is 5.69 Å². The molecule has 0 bridgehead atoms. The van der Waals surface area contributed by atoms with Crippen LogP contribution in [0, 0.1) is 0 Å². The first-order valence-corrected chi connectivity index (χ1v) is 5.26. The molecule has 2 aromatic heterocycles. The van der Waals surface area contributed by atoms with Crippen LogP contribution in [0.1, 0.15) is 11.5 Å². The molecule has 6 nitrogen and oxygen atoms in total. The van der Waals surface area contributed by atoms with E-state index in [1.54, 1.807) is 17.3 Å². The lowest BCUT2D eigenvalue weighted by Crippen LogP contribution is -2.18. The van der Waals surface area contributed by atoms with Crippen molar-refractivity contribution >= 4 is 0 Å². The van der Waals surface area contributed by atoms with Crippen molar-refractivity contribution in [1.82, 2.24) is 29.6 Å². The summed E-state index contributed by atoms with van der Waals surface area (Å²) in [6.45, 7) is 1.69. The molecule has 0 atom stereocenters. The Balaban J connectivity index is 1.71. The van der Waals surface area contributed by atoms with Gasteiger partial charge in [-0.15, -0.1) is 0 Å². The number of aryl methyl sites for hydroxylation is 2. The summed E-state index contributed by atoms with van der Waals surface area (Å²) in [5.41, 5.74) is 1.17. The zero-order chi connectivity index (χ0) is 11.4. The highest BCUT2D eigenvalue weighted by atomic mass is 15.3. The first-order chi connectivity index (χ1) is 7.75. The van der Waals surface area contributed by atoms with E-state index in [0.29, 0.717) is 0 Å². The molecule has 6 heteroatoms. The summed E-state index contributed by atoms with van der Waals surface area (Å²) >= 11 is 0. The average Bonchev–Trinajstić information content (AvgIpc) is 2.83. The summed E-state index contributed by atoms with van der Waals surface area (Å²) in [6.07, 6.45) is 6.23. The van der Waals surface area contributed by atoms with Crippen molar-refractivity contribution in [3.63, 3.8) is 0 Å². The largest absolute Gasteiger partial charge is 0.337 e. The van der Waals surface area contributed by atoms with E-state index in [0.717, 1.165) is 25.3 Å². The van der Waals surface area contributed by atoms with Crippen LogP contribution in [-0.2, 0) is 27.1 Å². The van der Waals surface area contributed by atoms with Gasteiger partial charge >= 0.3 is 0 Å². The molecule has 0 amide bonds. The number of aromatic nitrogens is 5. The van der Waals surface area contributed by atoms with Crippen molar-refractivity contribution in [3.8, 4) is 0 Å². The second kappa shape index (κ2) is 4.89. The Morgan fingerprint density at radius 3 is 2.81 bits per heavy atom. The summed E-state index contributed by atoms with van der Waals surface area (Å²) in [4.78, 5) is 8.22. The van der Waals surface area contributed by atoms with Crippen molar-refractivity contribution in [2.24, 2.45) is 14.1 Å². The molecule has 2 rings (SSSR count). The number of rotatable bonds is 5. The maximum Gasteiger partial charge on any atom is 0.151 e. The van der Waals surface area contributed by atoms with E-state index < -0.39 is 0 Å². The lowest BCUT2D eigenvalue weighted by atomic mass is 10.4. The van der Waals surface area contributed by atoms with E-state index in [-0.39, 0.29) is 0 Å². The fraction of sp³-hybridized carbons (Fsp3) is 0.500. The van der Waals surface area contributed by atoms with Crippen LogP contribution in [-0.4, -0.2) is 30.9 Å². The molecule has 0 saturated carbocycles. The lowest BCUT2D eigenvalue weighted by Gasteiger charge is -2.03. The van der Waals surface area contributed by atoms with E-state index in [2.05, 4.69) is 20.4 Å². The molecule has 0 aliphatic heterocycles. The third-order valence-electron chi connectivity index (χ3n) is 2.40. The van der Waals surface area contributed by atoms with Gasteiger partial charge in [0.2, 0.25) is 0 Å². The number of hydrogen-bond acceptors (Lipinski definition) is 4. The third kappa shape index (κ3) is 2.66. The molecule has 0 aliphatic rings. The highest BCUT2D eigenvalue weighted by molar-refractivity contribution is 4.96. The van der Waals surface area contributed by atoms with Gasteiger partial charge in [-0.3, -0.25) is 4.68 Å². The second-order valence-electron chi connectivity index (χ2n) is 3.76. The number of nitrogens with one attached hydrogen (secondary N) is 1. The first-order valence-electron chi connectivity index (χ1n) is 5.26. The summed E-state index contributed by atoms with van der Waals surface area (Å²) in [6, 6.07) is 0. The summed E-state index contributed by atoms with van der Waals surface area (Å²) < 4.78 is 3.72. The van der Waals surface area contributed by atoms with Crippen LogP contribution < -0.4 is 5.32 Å². The molecular formula is C10H16N6. The van der Waals surface area contributed by atoms with Crippen molar-refractivity contribution in [1.29, 1.82) is 0 Å². The minimum atomic E-state index is 0.823. The SMILES string of the molecule is Cn1cnc(CCNCc2cncn2C)n1. The quantitative estimate of drug-likeness (QED) is 0.714. The van der Waals surface area contributed by atoms with E-state index in [4.69, 9.17) is 0 Å². The molecule has 0 aliphatic carbocycles. The van der Waals surface area contributed by atoms with Gasteiger partial charge in [0.05, 0.1) is 12.0 Å². The van der Waals surface area contributed by atoms with Gasteiger partial charge in [0.15, 0.2) is 5.82 Å². The molecule has 1 N–H and O–H groups in total. The Labute approximate surface area is 94.3 Å². The number of hydrogen-bond donors (Lipinski definition) is 1. The molecule has 0 saturated heterocycles. The Bertz CT molecular complexity index is 444. The minimum absolute atomic E-state index is 0.823. The molecular weight excluding hydrogens is 204 g/mol. The highest BCUT2D eigenvalue weighted by Crippen LogP contribution is 1.95. The number of imidazole rings is 1.